The maximum absolute atomic E-state index is 13.2. The third-order valence-electron chi connectivity index (χ3n) is 3.54. The predicted octanol–water partition coefficient (Wildman–Crippen LogP) is 3.71. The van der Waals surface area contributed by atoms with Gasteiger partial charge < -0.3 is 9.64 Å². The number of likely N-dealkylation sites (N-methyl/N-ethyl adjacent to an activating group) is 1. The zero-order valence-corrected chi connectivity index (χ0v) is 15.0. The summed E-state index contributed by atoms with van der Waals surface area (Å²) in [5, 5.41) is 0. The zero-order valence-electron chi connectivity index (χ0n) is 13.4. The van der Waals surface area contributed by atoms with Gasteiger partial charge in [0.25, 0.3) is 5.91 Å². The smallest absolute Gasteiger partial charge is 0.339 e. The van der Waals surface area contributed by atoms with Crippen molar-refractivity contribution in [2.24, 2.45) is 0 Å². The molecule has 0 heterocycles. The minimum atomic E-state index is -0.713. The number of carbonyl (C=O) groups excluding carboxylic acids is 2. The van der Waals surface area contributed by atoms with E-state index in [9.17, 15) is 14.0 Å². The van der Waals surface area contributed by atoms with E-state index in [0.717, 1.165) is 16.1 Å². The van der Waals surface area contributed by atoms with E-state index < -0.39 is 18.4 Å². The Labute approximate surface area is 148 Å². The molecule has 126 valence electrons. The molecule has 2 rings (SSSR count). The largest absolute Gasteiger partial charge is 0.452 e. The van der Waals surface area contributed by atoms with Crippen LogP contribution >= 0.6 is 15.9 Å². The van der Waals surface area contributed by atoms with Crippen LogP contribution in [0.5, 0.6) is 0 Å². The van der Waals surface area contributed by atoms with Crippen molar-refractivity contribution in [2.45, 2.75) is 13.5 Å². The monoisotopic (exact) mass is 393 g/mol. The number of ether oxygens (including phenoxy) is 1. The molecule has 0 N–H and O–H groups in total. The minimum Gasteiger partial charge on any atom is -0.452 e. The van der Waals surface area contributed by atoms with Crippen LogP contribution < -0.4 is 0 Å². The number of carbonyl (C=O) groups is 2. The first-order chi connectivity index (χ1) is 11.4. The summed E-state index contributed by atoms with van der Waals surface area (Å²) < 4.78 is 19.1. The summed E-state index contributed by atoms with van der Waals surface area (Å²) in [6, 6.07) is 11.4. The van der Waals surface area contributed by atoms with Crippen LogP contribution in [-0.4, -0.2) is 30.4 Å². The van der Waals surface area contributed by atoms with E-state index >= 15 is 0 Å². The quantitative estimate of drug-likeness (QED) is 0.727. The van der Waals surface area contributed by atoms with Crippen molar-refractivity contribution in [3.63, 3.8) is 0 Å². The summed E-state index contributed by atoms with van der Waals surface area (Å²) in [6.07, 6.45) is 0. The van der Waals surface area contributed by atoms with Gasteiger partial charge in [0, 0.05) is 18.1 Å². The first-order valence-corrected chi connectivity index (χ1v) is 8.08. The number of rotatable bonds is 5. The van der Waals surface area contributed by atoms with Crippen molar-refractivity contribution in [3.05, 3.63) is 69.4 Å². The molecule has 0 saturated carbocycles. The van der Waals surface area contributed by atoms with E-state index in [2.05, 4.69) is 15.9 Å². The average Bonchev–Trinajstić information content (AvgIpc) is 2.56. The Balaban J connectivity index is 1.93. The van der Waals surface area contributed by atoms with Crippen molar-refractivity contribution >= 4 is 27.8 Å². The van der Waals surface area contributed by atoms with Gasteiger partial charge in [0.2, 0.25) is 0 Å². The second-order valence-corrected chi connectivity index (χ2v) is 6.23. The Kier molecular flexibility index (Phi) is 6.09. The predicted molar refractivity (Wildman–Crippen MR) is 92.0 cm³/mol. The Morgan fingerprint density at radius 3 is 2.62 bits per heavy atom. The molecule has 0 aromatic heterocycles. The second kappa shape index (κ2) is 8.06. The molecular weight excluding hydrogens is 377 g/mol. The topological polar surface area (TPSA) is 46.6 Å². The van der Waals surface area contributed by atoms with Crippen molar-refractivity contribution in [2.75, 3.05) is 13.7 Å². The Bertz CT molecular complexity index is 764. The number of hydrogen-bond donors (Lipinski definition) is 0. The summed E-state index contributed by atoms with van der Waals surface area (Å²) in [6.45, 7) is 1.67. The maximum atomic E-state index is 13.2. The molecule has 24 heavy (non-hydrogen) atoms. The van der Waals surface area contributed by atoms with Gasteiger partial charge in [-0.25, -0.2) is 9.18 Å². The number of halogens is 2. The molecule has 6 heteroatoms. The Morgan fingerprint density at radius 1 is 1.21 bits per heavy atom. The molecule has 0 spiro atoms. The first-order valence-electron chi connectivity index (χ1n) is 7.29. The van der Waals surface area contributed by atoms with Crippen LogP contribution in [0.15, 0.2) is 46.9 Å². The molecule has 2 aromatic rings. The van der Waals surface area contributed by atoms with Crippen LogP contribution in [0.1, 0.15) is 21.5 Å². The summed E-state index contributed by atoms with van der Waals surface area (Å²) in [7, 11) is 1.63. The fraction of sp³-hybridized carbons (Fsp3) is 0.222. The summed E-state index contributed by atoms with van der Waals surface area (Å²) in [5.41, 5.74) is 1.66. The summed E-state index contributed by atoms with van der Waals surface area (Å²) >= 11 is 3.42. The SMILES string of the molecule is Cc1ccc(F)cc1C(=O)OCC(=O)N(C)Cc1ccccc1Br. The lowest BCUT2D eigenvalue weighted by molar-refractivity contribution is -0.133. The molecule has 0 aliphatic carbocycles. The molecule has 2 aromatic carbocycles. The highest BCUT2D eigenvalue weighted by molar-refractivity contribution is 9.10. The van der Waals surface area contributed by atoms with Gasteiger partial charge in [0.05, 0.1) is 5.56 Å². The van der Waals surface area contributed by atoms with Crippen LogP contribution in [0, 0.1) is 12.7 Å². The van der Waals surface area contributed by atoms with E-state index in [0.29, 0.717) is 12.1 Å². The molecule has 0 radical (unpaired) electrons. The van der Waals surface area contributed by atoms with Crippen molar-refractivity contribution in [3.8, 4) is 0 Å². The molecule has 0 aliphatic heterocycles. The first kappa shape index (κ1) is 18.1. The molecule has 4 nitrogen and oxygen atoms in total. The molecule has 0 saturated heterocycles. The standard InChI is InChI=1S/C18H17BrFNO3/c1-12-7-8-14(20)9-15(12)18(23)24-11-17(22)21(2)10-13-5-3-4-6-16(13)19/h3-9H,10-11H2,1-2H3. The number of hydrogen-bond acceptors (Lipinski definition) is 3. The van der Waals surface area contributed by atoms with Crippen molar-refractivity contribution < 1.29 is 18.7 Å². The highest BCUT2D eigenvalue weighted by Crippen LogP contribution is 2.17. The number of benzene rings is 2. The molecule has 0 aliphatic rings. The molecule has 0 bridgehead atoms. The molecule has 0 unspecified atom stereocenters. The van der Waals surface area contributed by atoms with E-state index in [1.807, 2.05) is 24.3 Å². The second-order valence-electron chi connectivity index (χ2n) is 5.38. The average molecular weight is 394 g/mol. The molecule has 0 fully saturated rings. The number of amides is 1. The highest BCUT2D eigenvalue weighted by Gasteiger charge is 2.16. The summed E-state index contributed by atoms with van der Waals surface area (Å²) in [5.74, 6) is -1.58. The van der Waals surface area contributed by atoms with Gasteiger partial charge in [-0.05, 0) is 36.2 Å². The van der Waals surface area contributed by atoms with Gasteiger partial charge >= 0.3 is 5.97 Å². The third kappa shape index (κ3) is 4.64. The minimum absolute atomic E-state index is 0.122. The van der Waals surface area contributed by atoms with E-state index in [1.54, 1.807) is 14.0 Å². The number of nitrogens with zero attached hydrogens (tertiary/aromatic N) is 1. The lowest BCUT2D eigenvalue weighted by atomic mass is 10.1. The van der Waals surface area contributed by atoms with Crippen molar-refractivity contribution in [1.82, 2.24) is 4.90 Å². The van der Waals surface area contributed by atoms with Gasteiger partial charge in [-0.1, -0.05) is 40.2 Å². The normalized spacial score (nSPS) is 10.3. The fourth-order valence-corrected chi connectivity index (χ4v) is 2.51. The van der Waals surface area contributed by atoms with E-state index in [4.69, 9.17) is 4.74 Å². The van der Waals surface area contributed by atoms with Crippen LogP contribution in [0.25, 0.3) is 0 Å². The Hall–Kier alpha value is -2.21. The van der Waals surface area contributed by atoms with Crippen molar-refractivity contribution in [1.29, 1.82) is 0 Å². The highest BCUT2D eigenvalue weighted by atomic mass is 79.9. The molecule has 0 atom stereocenters. The van der Waals surface area contributed by atoms with Crippen LogP contribution in [0.3, 0.4) is 0 Å². The van der Waals surface area contributed by atoms with Gasteiger partial charge in [-0.3, -0.25) is 4.79 Å². The van der Waals surface area contributed by atoms with Crippen LogP contribution in [-0.2, 0) is 16.1 Å². The third-order valence-corrected chi connectivity index (χ3v) is 4.31. The van der Waals surface area contributed by atoms with E-state index in [-0.39, 0.29) is 11.5 Å². The van der Waals surface area contributed by atoms with Gasteiger partial charge in [-0.2, -0.15) is 0 Å². The van der Waals surface area contributed by atoms with Crippen LogP contribution in [0.2, 0.25) is 0 Å². The molecule has 1 amide bonds. The zero-order chi connectivity index (χ0) is 17.7. The van der Waals surface area contributed by atoms with Crippen LogP contribution in [0.4, 0.5) is 4.39 Å². The number of aryl methyl sites for hydroxylation is 1. The Morgan fingerprint density at radius 2 is 1.92 bits per heavy atom. The van der Waals surface area contributed by atoms with E-state index in [1.165, 1.54) is 17.0 Å². The van der Waals surface area contributed by atoms with Gasteiger partial charge in [0.15, 0.2) is 6.61 Å². The van der Waals surface area contributed by atoms with Gasteiger partial charge in [-0.15, -0.1) is 0 Å². The van der Waals surface area contributed by atoms with Gasteiger partial charge in [0.1, 0.15) is 5.82 Å². The fourth-order valence-electron chi connectivity index (χ4n) is 2.10. The lowest BCUT2D eigenvalue weighted by Gasteiger charge is -2.18. The lowest BCUT2D eigenvalue weighted by Crippen LogP contribution is -2.31. The molecular formula is C18H17BrFNO3. The summed E-state index contributed by atoms with van der Waals surface area (Å²) in [4.78, 5) is 25.6. The maximum Gasteiger partial charge on any atom is 0.339 e. The number of esters is 1.